The second kappa shape index (κ2) is 7.98. The summed E-state index contributed by atoms with van der Waals surface area (Å²) in [7, 11) is 0. The van der Waals surface area contributed by atoms with Gasteiger partial charge in [0, 0.05) is 39.3 Å². The van der Waals surface area contributed by atoms with Gasteiger partial charge in [0.1, 0.15) is 5.75 Å². The second-order valence-electron chi connectivity index (χ2n) is 4.49. The number of rotatable bonds is 4. The largest absolute Gasteiger partial charge is 0.484 e. The van der Waals surface area contributed by atoms with Crippen molar-refractivity contribution in [3.63, 3.8) is 0 Å². The summed E-state index contributed by atoms with van der Waals surface area (Å²) in [6, 6.07) is 6.46. The van der Waals surface area contributed by atoms with Crippen molar-refractivity contribution >= 4 is 5.70 Å². The molecule has 2 rings (SSSR count). The van der Waals surface area contributed by atoms with Crippen LogP contribution in [0.5, 0.6) is 5.75 Å². The van der Waals surface area contributed by atoms with Gasteiger partial charge in [0.2, 0.25) is 0 Å². The van der Waals surface area contributed by atoms with Crippen LogP contribution in [0.4, 0.5) is 13.2 Å². The molecule has 0 saturated heterocycles. The zero-order valence-corrected chi connectivity index (χ0v) is 15.0. The second-order valence-corrected chi connectivity index (χ2v) is 4.49. The molecule has 1 radical (unpaired) electrons. The van der Waals surface area contributed by atoms with Gasteiger partial charge in [0.05, 0.1) is 0 Å². The maximum atomic E-state index is 12.1. The van der Waals surface area contributed by atoms with Gasteiger partial charge in [-0.15, -0.1) is 18.2 Å². The maximum absolute atomic E-state index is 12.1. The van der Waals surface area contributed by atoms with Crippen LogP contribution in [0, 0.1) is 6.08 Å². The van der Waals surface area contributed by atoms with Gasteiger partial charge in [-0.2, -0.15) is 25.3 Å². The summed E-state index contributed by atoms with van der Waals surface area (Å²) in [6.45, 7) is 5.38. The van der Waals surface area contributed by atoms with E-state index in [1.54, 1.807) is 18.2 Å². The Hall–Kier alpha value is -1.07. The normalized spacial score (nSPS) is 14.5. The van der Waals surface area contributed by atoms with Crippen molar-refractivity contribution in [2.75, 3.05) is 13.2 Å². The molecule has 0 unspecified atom stereocenters. The number of nitrogens with zero attached hydrogens (tertiary/aromatic N) is 1. The van der Waals surface area contributed by atoms with Gasteiger partial charge in [-0.3, -0.25) is 0 Å². The fraction of sp³-hybridized carbons (Fsp3) is 0.250. The Balaban J connectivity index is 0.00000242. The molecule has 0 fully saturated rings. The van der Waals surface area contributed by atoms with Crippen LogP contribution in [0.25, 0.3) is 5.70 Å². The molecule has 1 aliphatic rings. The van der Waals surface area contributed by atoms with Gasteiger partial charge >= 0.3 is 6.18 Å². The number of likely N-dealkylation sites (N-methyl/N-ethyl adjacent to an activating group) is 1. The van der Waals surface area contributed by atoms with Gasteiger partial charge in [-0.1, -0.05) is 17.8 Å². The molecular weight excluding hydrogens is 368 g/mol. The summed E-state index contributed by atoms with van der Waals surface area (Å²) < 4.78 is 41.0. The molecule has 2 nitrogen and oxygen atoms in total. The molecule has 1 aliphatic heterocycles. The Bertz CT molecular complexity index is 576. The van der Waals surface area contributed by atoms with E-state index in [9.17, 15) is 13.2 Å². The first-order valence-electron chi connectivity index (χ1n) is 6.47. The Kier molecular flexibility index (Phi) is 6.88. The van der Waals surface area contributed by atoms with E-state index in [4.69, 9.17) is 0 Å². The minimum atomic E-state index is -4.33. The van der Waals surface area contributed by atoms with Gasteiger partial charge in [0.15, 0.2) is 6.61 Å². The number of hydrogen-bond acceptors (Lipinski definition) is 2. The molecule has 0 aliphatic carbocycles. The minimum Gasteiger partial charge on any atom is -0.484 e. The van der Waals surface area contributed by atoms with E-state index in [-0.39, 0.29) is 38.5 Å². The van der Waals surface area contributed by atoms with Crippen LogP contribution >= 0.6 is 0 Å². The molecule has 0 aromatic heterocycles. The average molecular weight is 383 g/mol. The number of hydrogen-bond donors (Lipinski definition) is 0. The first-order valence-corrected chi connectivity index (χ1v) is 6.47. The summed E-state index contributed by atoms with van der Waals surface area (Å²) in [5.74, 6) is 0.185. The van der Waals surface area contributed by atoms with Crippen molar-refractivity contribution in [2.45, 2.75) is 13.1 Å². The zero-order valence-electron chi connectivity index (χ0n) is 12.2. The van der Waals surface area contributed by atoms with Crippen molar-refractivity contribution in [3.05, 3.63) is 60.3 Å². The molecule has 0 saturated carbocycles. The van der Waals surface area contributed by atoms with Gasteiger partial charge in [-0.25, -0.2) is 0 Å². The monoisotopic (exact) mass is 383 g/mol. The minimum absolute atomic E-state index is 0. The molecular formula is C16H15F3NOY-. The summed E-state index contributed by atoms with van der Waals surface area (Å²) in [5, 5.41) is 0. The number of alkyl halides is 3. The molecule has 0 amide bonds. The zero-order chi connectivity index (χ0) is 15.5. The van der Waals surface area contributed by atoms with Gasteiger partial charge in [-0.05, 0) is 24.8 Å². The quantitative estimate of drug-likeness (QED) is 0.724. The molecule has 1 aromatic rings. The maximum Gasteiger partial charge on any atom is 0.422 e. The number of ether oxygens (including phenoxy) is 1. The van der Waals surface area contributed by atoms with E-state index < -0.39 is 12.8 Å². The number of halogens is 3. The molecule has 22 heavy (non-hydrogen) atoms. The number of allylic oxidation sites excluding steroid dienone is 3. The Morgan fingerprint density at radius 2 is 1.86 bits per heavy atom. The fourth-order valence-corrected chi connectivity index (χ4v) is 2.00. The first kappa shape index (κ1) is 19.0. The third-order valence-corrected chi connectivity index (χ3v) is 2.96. The predicted octanol–water partition coefficient (Wildman–Crippen LogP) is 4.17. The van der Waals surface area contributed by atoms with Crippen molar-refractivity contribution in [3.8, 4) is 5.75 Å². The Morgan fingerprint density at radius 3 is 2.41 bits per heavy atom. The van der Waals surface area contributed by atoms with Crippen molar-refractivity contribution in [1.82, 2.24) is 4.90 Å². The molecule has 0 N–H and O–H groups in total. The van der Waals surface area contributed by atoms with Crippen LogP contribution in [0.2, 0.25) is 0 Å². The SMILES string of the molecule is C=C1C=C[C-]=C(c2ccc(OCC(F)(F)F)cc2)N1CC.[Y]. The third-order valence-electron chi connectivity index (χ3n) is 2.96. The van der Waals surface area contributed by atoms with E-state index in [2.05, 4.69) is 17.4 Å². The van der Waals surface area contributed by atoms with Crippen LogP contribution in [0.15, 0.2) is 48.7 Å². The Labute approximate surface area is 153 Å². The summed E-state index contributed by atoms with van der Waals surface area (Å²) in [5.41, 5.74) is 2.54. The predicted molar refractivity (Wildman–Crippen MR) is 75.3 cm³/mol. The molecule has 0 atom stereocenters. The van der Waals surface area contributed by atoms with Crippen LogP contribution in [0.3, 0.4) is 0 Å². The van der Waals surface area contributed by atoms with E-state index in [0.29, 0.717) is 0 Å². The average Bonchev–Trinajstić information content (AvgIpc) is 2.44. The Morgan fingerprint density at radius 1 is 1.23 bits per heavy atom. The molecule has 1 aromatic carbocycles. The third kappa shape index (κ3) is 4.99. The van der Waals surface area contributed by atoms with Crippen LogP contribution in [-0.2, 0) is 32.7 Å². The topological polar surface area (TPSA) is 12.5 Å². The molecule has 0 bridgehead atoms. The smallest absolute Gasteiger partial charge is 0.422 e. The standard InChI is InChI=1S/C16H15F3NO.Y/c1-3-20-12(2)5-4-6-15(20)13-7-9-14(10-8-13)21-11-16(17,18)19;/h4-5,7-10H,2-3,11H2,1H3;/q-1;. The van der Waals surface area contributed by atoms with E-state index in [1.165, 1.54) is 12.1 Å². The van der Waals surface area contributed by atoms with E-state index in [0.717, 1.165) is 23.5 Å². The molecule has 1 heterocycles. The fourth-order valence-electron chi connectivity index (χ4n) is 2.00. The molecule has 115 valence electrons. The summed E-state index contributed by atoms with van der Waals surface area (Å²) in [4.78, 5) is 1.98. The molecule has 0 spiro atoms. The van der Waals surface area contributed by atoms with E-state index >= 15 is 0 Å². The van der Waals surface area contributed by atoms with Crippen molar-refractivity contribution in [2.24, 2.45) is 0 Å². The summed E-state index contributed by atoms with van der Waals surface area (Å²) >= 11 is 0. The molecule has 6 heteroatoms. The van der Waals surface area contributed by atoms with Crippen LogP contribution in [-0.4, -0.2) is 24.2 Å². The first-order chi connectivity index (χ1) is 9.90. The van der Waals surface area contributed by atoms with Crippen molar-refractivity contribution < 1.29 is 50.6 Å². The van der Waals surface area contributed by atoms with E-state index in [1.807, 2.05) is 17.9 Å². The van der Waals surface area contributed by atoms with Crippen molar-refractivity contribution in [1.29, 1.82) is 0 Å². The summed E-state index contributed by atoms with van der Waals surface area (Å²) in [6.07, 6.45) is 2.42. The van der Waals surface area contributed by atoms with Crippen LogP contribution in [0.1, 0.15) is 12.5 Å². The number of benzene rings is 1. The van der Waals surface area contributed by atoms with Gasteiger partial charge < -0.3 is 9.64 Å². The van der Waals surface area contributed by atoms with Crippen LogP contribution < -0.4 is 4.74 Å². The van der Waals surface area contributed by atoms with Gasteiger partial charge in [0.25, 0.3) is 0 Å².